The van der Waals surface area contributed by atoms with Crippen molar-refractivity contribution in [1.82, 2.24) is 9.88 Å². The number of anilines is 1. The van der Waals surface area contributed by atoms with Crippen LogP contribution in [0, 0.1) is 24.0 Å². The number of hydrogen-bond donors (Lipinski definition) is 1. The lowest BCUT2D eigenvalue weighted by Gasteiger charge is -2.22. The molecule has 1 aromatic heterocycles. The molecule has 0 spiro atoms. The van der Waals surface area contributed by atoms with Crippen molar-refractivity contribution in [3.63, 3.8) is 0 Å². The van der Waals surface area contributed by atoms with Crippen LogP contribution in [0.4, 0.5) is 10.8 Å². The Labute approximate surface area is 183 Å². The molecule has 9 nitrogen and oxygen atoms in total. The van der Waals surface area contributed by atoms with Gasteiger partial charge in [-0.25, -0.2) is 4.98 Å². The van der Waals surface area contributed by atoms with Crippen LogP contribution in [-0.2, 0) is 9.53 Å². The summed E-state index contributed by atoms with van der Waals surface area (Å²) in [6, 6.07) is 3.82. The van der Waals surface area contributed by atoms with Crippen molar-refractivity contribution in [1.29, 1.82) is 0 Å². The minimum Gasteiger partial charge on any atom is -0.382 e. The minimum atomic E-state index is -0.654. The number of nitro groups is 1. The fourth-order valence-corrected chi connectivity index (χ4v) is 3.60. The lowest BCUT2D eigenvalue weighted by Crippen LogP contribution is -2.39. The van der Waals surface area contributed by atoms with Crippen molar-refractivity contribution in [3.8, 4) is 0 Å². The molecule has 0 bridgehead atoms. The number of thiazole rings is 1. The summed E-state index contributed by atoms with van der Waals surface area (Å²) >= 11 is 7.18. The molecular formula is C19H23ClN4O5S. The van der Waals surface area contributed by atoms with E-state index in [1.807, 2.05) is 20.8 Å². The summed E-state index contributed by atoms with van der Waals surface area (Å²) in [6.45, 7) is 6.60. The van der Waals surface area contributed by atoms with E-state index in [-0.39, 0.29) is 29.4 Å². The SMILES string of the molecule is CCOCCCN(CC(=O)Nc1nc(C)c(C)s1)C(=O)c1ccc(Cl)c([N+](=O)[O-])c1. The maximum atomic E-state index is 13.0. The summed E-state index contributed by atoms with van der Waals surface area (Å²) in [5.74, 6) is -0.912. The molecule has 0 atom stereocenters. The molecule has 0 aliphatic carbocycles. The predicted molar refractivity (Wildman–Crippen MR) is 115 cm³/mol. The van der Waals surface area contributed by atoms with Crippen LogP contribution in [0.1, 0.15) is 34.3 Å². The second-order valence-corrected chi connectivity index (χ2v) is 8.02. The normalized spacial score (nSPS) is 10.7. The van der Waals surface area contributed by atoms with E-state index in [4.69, 9.17) is 16.3 Å². The first-order valence-corrected chi connectivity index (χ1v) is 10.5. The molecule has 0 aliphatic heterocycles. The number of halogens is 1. The molecule has 0 aliphatic rings. The molecule has 162 valence electrons. The summed E-state index contributed by atoms with van der Waals surface area (Å²) in [4.78, 5) is 42.5. The van der Waals surface area contributed by atoms with E-state index in [1.165, 1.54) is 28.4 Å². The summed E-state index contributed by atoms with van der Waals surface area (Å²) in [5.41, 5.74) is 0.541. The van der Waals surface area contributed by atoms with E-state index in [1.54, 1.807) is 0 Å². The Morgan fingerprint density at radius 1 is 1.37 bits per heavy atom. The van der Waals surface area contributed by atoms with Crippen LogP contribution in [0.15, 0.2) is 18.2 Å². The van der Waals surface area contributed by atoms with Crippen molar-refractivity contribution in [3.05, 3.63) is 49.5 Å². The van der Waals surface area contributed by atoms with Crippen molar-refractivity contribution in [2.75, 3.05) is 31.6 Å². The molecular weight excluding hydrogens is 432 g/mol. The molecule has 2 rings (SSSR count). The Bertz CT molecular complexity index is 914. The number of carbonyl (C=O) groups is 2. The number of nitro benzene ring substituents is 1. The van der Waals surface area contributed by atoms with Gasteiger partial charge in [-0.2, -0.15) is 0 Å². The van der Waals surface area contributed by atoms with Gasteiger partial charge in [-0.05, 0) is 39.3 Å². The van der Waals surface area contributed by atoms with Gasteiger partial charge in [0.25, 0.3) is 11.6 Å². The number of nitrogens with one attached hydrogen (secondary N) is 1. The molecule has 0 saturated carbocycles. The van der Waals surface area contributed by atoms with Crippen LogP contribution in [-0.4, -0.2) is 52.9 Å². The second kappa shape index (κ2) is 11.0. The summed E-state index contributed by atoms with van der Waals surface area (Å²) in [7, 11) is 0. The number of carbonyl (C=O) groups excluding carboxylic acids is 2. The number of ether oxygens (including phenoxy) is 1. The molecule has 0 fully saturated rings. The van der Waals surface area contributed by atoms with Gasteiger partial charge in [0.2, 0.25) is 5.91 Å². The van der Waals surface area contributed by atoms with E-state index in [2.05, 4.69) is 10.3 Å². The first-order chi connectivity index (χ1) is 14.2. The molecule has 1 heterocycles. The van der Waals surface area contributed by atoms with Gasteiger partial charge in [0.05, 0.1) is 10.6 Å². The van der Waals surface area contributed by atoms with Gasteiger partial charge in [0.1, 0.15) is 11.6 Å². The average Bonchev–Trinajstić information content (AvgIpc) is 3.00. The fraction of sp³-hybridized carbons (Fsp3) is 0.421. The zero-order valence-electron chi connectivity index (χ0n) is 16.9. The van der Waals surface area contributed by atoms with Gasteiger partial charge in [0.15, 0.2) is 5.13 Å². The zero-order chi connectivity index (χ0) is 22.3. The van der Waals surface area contributed by atoms with Gasteiger partial charge in [0, 0.05) is 36.3 Å². The number of hydrogen-bond acceptors (Lipinski definition) is 7. The summed E-state index contributed by atoms with van der Waals surface area (Å²) < 4.78 is 5.30. The zero-order valence-corrected chi connectivity index (χ0v) is 18.5. The maximum Gasteiger partial charge on any atom is 0.288 e. The highest BCUT2D eigenvalue weighted by atomic mass is 35.5. The van der Waals surface area contributed by atoms with Crippen molar-refractivity contribution >= 4 is 45.6 Å². The van der Waals surface area contributed by atoms with Gasteiger partial charge in [-0.3, -0.25) is 19.7 Å². The van der Waals surface area contributed by atoms with Gasteiger partial charge in [-0.15, -0.1) is 11.3 Å². The molecule has 0 radical (unpaired) electrons. The minimum absolute atomic E-state index is 0.0632. The molecule has 1 aromatic carbocycles. The molecule has 0 saturated heterocycles. The monoisotopic (exact) mass is 454 g/mol. The van der Waals surface area contributed by atoms with Crippen LogP contribution in [0.2, 0.25) is 5.02 Å². The summed E-state index contributed by atoms with van der Waals surface area (Å²) in [5, 5.41) is 14.2. The first-order valence-electron chi connectivity index (χ1n) is 9.27. The van der Waals surface area contributed by atoms with Crippen LogP contribution in [0.5, 0.6) is 0 Å². The lowest BCUT2D eigenvalue weighted by molar-refractivity contribution is -0.384. The smallest absolute Gasteiger partial charge is 0.288 e. The van der Waals surface area contributed by atoms with E-state index in [0.717, 1.165) is 16.6 Å². The Kier molecular flexibility index (Phi) is 8.70. The maximum absolute atomic E-state index is 13.0. The number of aromatic nitrogens is 1. The average molecular weight is 455 g/mol. The highest BCUT2D eigenvalue weighted by Gasteiger charge is 2.23. The Hall–Kier alpha value is -2.56. The quantitative estimate of drug-likeness (QED) is 0.331. The van der Waals surface area contributed by atoms with Crippen LogP contribution in [0.25, 0.3) is 0 Å². The van der Waals surface area contributed by atoms with Crippen LogP contribution >= 0.6 is 22.9 Å². The van der Waals surface area contributed by atoms with E-state index in [0.29, 0.717) is 24.8 Å². The van der Waals surface area contributed by atoms with Gasteiger partial charge >= 0.3 is 0 Å². The van der Waals surface area contributed by atoms with E-state index < -0.39 is 16.7 Å². The van der Waals surface area contributed by atoms with Crippen molar-refractivity contribution in [2.45, 2.75) is 27.2 Å². The number of aryl methyl sites for hydroxylation is 2. The van der Waals surface area contributed by atoms with E-state index in [9.17, 15) is 19.7 Å². The third-order valence-electron chi connectivity index (χ3n) is 4.21. The largest absolute Gasteiger partial charge is 0.382 e. The lowest BCUT2D eigenvalue weighted by atomic mass is 10.1. The fourth-order valence-electron chi connectivity index (χ4n) is 2.58. The van der Waals surface area contributed by atoms with Gasteiger partial charge in [-0.1, -0.05) is 11.6 Å². The molecule has 1 N–H and O–H groups in total. The van der Waals surface area contributed by atoms with Crippen LogP contribution in [0.3, 0.4) is 0 Å². The third-order valence-corrected chi connectivity index (χ3v) is 5.52. The number of nitrogens with zero attached hydrogens (tertiary/aromatic N) is 3. The predicted octanol–water partition coefficient (Wildman–Crippen LogP) is 3.83. The number of benzene rings is 1. The molecule has 11 heteroatoms. The van der Waals surface area contributed by atoms with E-state index >= 15 is 0 Å². The molecule has 2 aromatic rings. The topological polar surface area (TPSA) is 115 Å². The summed E-state index contributed by atoms with van der Waals surface area (Å²) in [6.07, 6.45) is 0.512. The number of amides is 2. The highest BCUT2D eigenvalue weighted by Crippen LogP contribution is 2.26. The van der Waals surface area contributed by atoms with Gasteiger partial charge < -0.3 is 15.0 Å². The molecule has 0 unspecified atom stereocenters. The van der Waals surface area contributed by atoms with Crippen LogP contribution < -0.4 is 5.32 Å². The number of rotatable bonds is 10. The highest BCUT2D eigenvalue weighted by molar-refractivity contribution is 7.15. The first kappa shape index (κ1) is 23.7. The standard InChI is InChI=1S/C19H23ClN4O5S/c1-4-29-9-5-8-23(11-17(25)22-19-21-12(2)13(3)30-19)18(26)14-6-7-15(20)16(10-14)24(27)28/h6-7,10H,4-5,8-9,11H2,1-3H3,(H,21,22,25). The Morgan fingerprint density at radius 2 is 2.10 bits per heavy atom. The Balaban J connectivity index is 2.16. The van der Waals surface area contributed by atoms with Crippen molar-refractivity contribution < 1.29 is 19.2 Å². The second-order valence-electron chi connectivity index (χ2n) is 6.41. The molecule has 30 heavy (non-hydrogen) atoms. The third kappa shape index (κ3) is 6.48. The Morgan fingerprint density at radius 3 is 2.70 bits per heavy atom. The molecule has 2 amide bonds. The van der Waals surface area contributed by atoms with Crippen molar-refractivity contribution in [2.24, 2.45) is 0 Å².